The lowest BCUT2D eigenvalue weighted by atomic mass is 10.1. The lowest BCUT2D eigenvalue weighted by Crippen LogP contribution is -2.47. The standard InChI is InChI=1S/C21H25FN2O3S/c1-21(2,3)27-20(26)24-12-10-14(11-13-24)23-19(25)18-9-8-17(28-18)15-6-4-5-7-16(15)22/h4-9,14H,10-13H2,1-3H3,(H,23,25). The molecule has 150 valence electrons. The molecule has 1 N–H and O–H groups in total. The molecule has 0 atom stereocenters. The molecule has 2 aromatic rings. The van der Waals surface area contributed by atoms with Crippen LogP contribution >= 0.6 is 11.3 Å². The minimum Gasteiger partial charge on any atom is -0.444 e. The topological polar surface area (TPSA) is 58.6 Å². The van der Waals surface area contributed by atoms with Crippen LogP contribution in [0.5, 0.6) is 0 Å². The van der Waals surface area contributed by atoms with Crippen LogP contribution in [-0.4, -0.2) is 41.6 Å². The average molecular weight is 405 g/mol. The SMILES string of the molecule is CC(C)(C)OC(=O)N1CCC(NC(=O)c2ccc(-c3ccccc3F)s2)CC1. The van der Waals surface area contributed by atoms with Crippen molar-refractivity contribution < 1.29 is 18.7 Å². The fraction of sp³-hybridized carbons (Fsp3) is 0.429. The minimum atomic E-state index is -0.517. The molecule has 1 aromatic heterocycles. The maximum absolute atomic E-state index is 13.9. The Balaban J connectivity index is 1.54. The molecule has 7 heteroatoms. The van der Waals surface area contributed by atoms with Crippen molar-refractivity contribution >= 4 is 23.3 Å². The van der Waals surface area contributed by atoms with Gasteiger partial charge < -0.3 is 15.0 Å². The van der Waals surface area contributed by atoms with Gasteiger partial charge in [-0.1, -0.05) is 18.2 Å². The molecule has 0 unspecified atom stereocenters. The molecule has 1 saturated heterocycles. The molecular weight excluding hydrogens is 379 g/mol. The van der Waals surface area contributed by atoms with Gasteiger partial charge in [0.25, 0.3) is 5.91 Å². The zero-order valence-electron chi connectivity index (χ0n) is 16.3. The molecule has 1 aromatic carbocycles. The third kappa shape index (κ3) is 5.10. The van der Waals surface area contributed by atoms with Gasteiger partial charge >= 0.3 is 6.09 Å². The van der Waals surface area contributed by atoms with E-state index in [0.717, 1.165) is 4.88 Å². The van der Waals surface area contributed by atoms with Crippen molar-refractivity contribution in [1.82, 2.24) is 10.2 Å². The van der Waals surface area contributed by atoms with Gasteiger partial charge in [0.1, 0.15) is 11.4 Å². The highest BCUT2D eigenvalue weighted by Gasteiger charge is 2.27. The molecule has 1 aliphatic rings. The normalized spacial score (nSPS) is 15.4. The number of carbonyl (C=O) groups excluding carboxylic acids is 2. The minimum absolute atomic E-state index is 0.00481. The molecule has 0 spiro atoms. The molecule has 0 saturated carbocycles. The zero-order chi connectivity index (χ0) is 20.3. The lowest BCUT2D eigenvalue weighted by Gasteiger charge is -2.33. The lowest BCUT2D eigenvalue weighted by molar-refractivity contribution is 0.0200. The summed E-state index contributed by atoms with van der Waals surface area (Å²) in [4.78, 5) is 27.6. The summed E-state index contributed by atoms with van der Waals surface area (Å²) in [5, 5.41) is 3.02. The number of halogens is 1. The molecule has 1 aliphatic heterocycles. The molecular formula is C21H25FN2O3S. The first-order chi connectivity index (χ1) is 13.2. The first kappa shape index (κ1) is 20.3. The van der Waals surface area contributed by atoms with Crippen LogP contribution in [-0.2, 0) is 4.74 Å². The third-order valence-electron chi connectivity index (χ3n) is 4.45. The predicted molar refractivity (Wildman–Crippen MR) is 108 cm³/mol. The fourth-order valence-electron chi connectivity index (χ4n) is 3.06. The van der Waals surface area contributed by atoms with E-state index in [2.05, 4.69) is 5.32 Å². The number of piperidine rings is 1. The van der Waals surface area contributed by atoms with E-state index < -0.39 is 5.60 Å². The Morgan fingerprint density at radius 1 is 1.14 bits per heavy atom. The van der Waals surface area contributed by atoms with E-state index in [4.69, 9.17) is 4.74 Å². The number of carbonyl (C=O) groups is 2. The van der Waals surface area contributed by atoms with E-state index in [1.54, 1.807) is 35.2 Å². The van der Waals surface area contributed by atoms with Gasteiger partial charge in [-0.2, -0.15) is 0 Å². The molecule has 1 fully saturated rings. The third-order valence-corrected chi connectivity index (χ3v) is 5.57. The van der Waals surface area contributed by atoms with Crippen molar-refractivity contribution in [2.75, 3.05) is 13.1 Å². The number of nitrogens with one attached hydrogen (secondary N) is 1. The van der Waals surface area contributed by atoms with E-state index >= 15 is 0 Å². The Bertz CT molecular complexity index is 851. The summed E-state index contributed by atoms with van der Waals surface area (Å²) in [7, 11) is 0. The van der Waals surface area contributed by atoms with Crippen LogP contribution in [0.1, 0.15) is 43.3 Å². The number of nitrogens with zero attached hydrogens (tertiary/aromatic N) is 1. The summed E-state index contributed by atoms with van der Waals surface area (Å²) >= 11 is 1.27. The quantitative estimate of drug-likeness (QED) is 0.808. The van der Waals surface area contributed by atoms with Crippen LogP contribution < -0.4 is 5.32 Å². The van der Waals surface area contributed by atoms with Gasteiger partial charge in [-0.25, -0.2) is 9.18 Å². The molecule has 2 amide bonds. The van der Waals surface area contributed by atoms with Gasteiger partial charge in [0.15, 0.2) is 0 Å². The van der Waals surface area contributed by atoms with E-state index in [9.17, 15) is 14.0 Å². The summed E-state index contributed by atoms with van der Waals surface area (Å²) in [6.07, 6.45) is 1.04. The smallest absolute Gasteiger partial charge is 0.410 e. The van der Waals surface area contributed by atoms with Gasteiger partial charge in [-0.15, -0.1) is 11.3 Å². The Kier molecular flexibility index (Phi) is 6.03. The monoisotopic (exact) mass is 404 g/mol. The van der Waals surface area contributed by atoms with Crippen LogP contribution in [0.4, 0.5) is 9.18 Å². The van der Waals surface area contributed by atoms with Crippen molar-refractivity contribution in [3.63, 3.8) is 0 Å². The number of ether oxygens (including phenoxy) is 1. The molecule has 28 heavy (non-hydrogen) atoms. The van der Waals surface area contributed by atoms with Crippen molar-refractivity contribution in [2.45, 2.75) is 45.3 Å². The Morgan fingerprint density at radius 3 is 2.46 bits per heavy atom. The average Bonchev–Trinajstić information content (AvgIpc) is 3.11. The van der Waals surface area contributed by atoms with E-state index in [-0.39, 0.29) is 23.9 Å². The van der Waals surface area contributed by atoms with Crippen molar-refractivity contribution in [3.8, 4) is 10.4 Å². The zero-order valence-corrected chi connectivity index (χ0v) is 17.1. The Morgan fingerprint density at radius 2 is 1.82 bits per heavy atom. The molecule has 0 bridgehead atoms. The van der Waals surface area contributed by atoms with Crippen molar-refractivity contribution in [1.29, 1.82) is 0 Å². The van der Waals surface area contributed by atoms with Gasteiger partial charge in [0.05, 0.1) is 4.88 Å². The summed E-state index contributed by atoms with van der Waals surface area (Å²) in [5.41, 5.74) is -0.0192. The number of rotatable bonds is 3. The highest BCUT2D eigenvalue weighted by atomic mass is 32.1. The van der Waals surface area contributed by atoms with Crippen LogP contribution in [0, 0.1) is 5.82 Å². The molecule has 0 aliphatic carbocycles. The Hall–Kier alpha value is -2.41. The maximum Gasteiger partial charge on any atom is 0.410 e. The summed E-state index contributed by atoms with van der Waals surface area (Å²) in [6, 6.07) is 10.0. The highest BCUT2D eigenvalue weighted by molar-refractivity contribution is 7.17. The second-order valence-electron chi connectivity index (χ2n) is 7.86. The summed E-state index contributed by atoms with van der Waals surface area (Å²) in [6.45, 7) is 6.62. The first-order valence-corrected chi connectivity index (χ1v) is 10.2. The molecule has 2 heterocycles. The fourth-order valence-corrected chi connectivity index (χ4v) is 3.99. The van der Waals surface area contributed by atoms with Gasteiger partial charge in [-0.3, -0.25) is 4.79 Å². The van der Waals surface area contributed by atoms with Crippen LogP contribution in [0.25, 0.3) is 10.4 Å². The molecule has 3 rings (SSSR count). The van der Waals surface area contributed by atoms with Crippen LogP contribution in [0.15, 0.2) is 36.4 Å². The maximum atomic E-state index is 13.9. The van der Waals surface area contributed by atoms with Crippen molar-refractivity contribution in [2.24, 2.45) is 0 Å². The van der Waals surface area contributed by atoms with Gasteiger partial charge in [0.2, 0.25) is 0 Å². The van der Waals surface area contributed by atoms with E-state index in [1.807, 2.05) is 20.8 Å². The van der Waals surface area contributed by atoms with Gasteiger partial charge in [0, 0.05) is 29.6 Å². The van der Waals surface area contributed by atoms with E-state index in [0.29, 0.717) is 36.4 Å². The predicted octanol–water partition coefficient (Wildman–Crippen LogP) is 4.68. The Labute approximate surface area is 168 Å². The van der Waals surface area contributed by atoms with Crippen molar-refractivity contribution in [3.05, 3.63) is 47.1 Å². The highest BCUT2D eigenvalue weighted by Crippen LogP contribution is 2.30. The number of hydrogen-bond donors (Lipinski definition) is 1. The second-order valence-corrected chi connectivity index (χ2v) is 8.94. The number of amides is 2. The van der Waals surface area contributed by atoms with Gasteiger partial charge in [-0.05, 0) is 51.8 Å². The molecule has 5 nitrogen and oxygen atoms in total. The largest absolute Gasteiger partial charge is 0.444 e. The summed E-state index contributed by atoms with van der Waals surface area (Å²) in [5.74, 6) is -0.464. The number of hydrogen-bond acceptors (Lipinski definition) is 4. The van der Waals surface area contributed by atoms with Crippen LogP contribution in [0.2, 0.25) is 0 Å². The number of benzene rings is 1. The summed E-state index contributed by atoms with van der Waals surface area (Å²) < 4.78 is 19.3. The number of likely N-dealkylation sites (tertiary alicyclic amines) is 1. The molecule has 0 radical (unpaired) electrons. The first-order valence-electron chi connectivity index (χ1n) is 9.36. The second kappa shape index (κ2) is 8.31. The van der Waals surface area contributed by atoms with Crippen LogP contribution in [0.3, 0.4) is 0 Å². The number of thiophene rings is 1. The van der Waals surface area contributed by atoms with E-state index in [1.165, 1.54) is 17.4 Å².